The molecule has 0 spiro atoms. The van der Waals surface area contributed by atoms with Crippen molar-refractivity contribution in [1.29, 1.82) is 0 Å². The molecule has 33 heavy (non-hydrogen) atoms. The smallest absolute Gasteiger partial charge is 0.229 e. The van der Waals surface area contributed by atoms with Gasteiger partial charge in [-0.3, -0.25) is 24.5 Å². The molecule has 4 amide bonds. The Hall–Kier alpha value is -3.92. The molecule has 0 radical (unpaired) electrons. The molecule has 2 fully saturated rings. The van der Waals surface area contributed by atoms with E-state index in [-0.39, 0.29) is 24.1 Å². The Morgan fingerprint density at radius 2 is 1.48 bits per heavy atom. The number of fused-ring (bicyclic) bond motifs is 1. The van der Waals surface area contributed by atoms with Crippen molar-refractivity contribution < 1.29 is 19.2 Å². The molecule has 4 atom stereocenters. The molecule has 2 aliphatic heterocycles. The van der Waals surface area contributed by atoms with Crippen LogP contribution in [0.4, 0.5) is 17.1 Å². The number of carbonyl (C=O) groups is 4. The molecule has 0 aromatic heterocycles. The van der Waals surface area contributed by atoms with E-state index in [1.807, 2.05) is 31.2 Å². The second kappa shape index (κ2) is 9.29. The van der Waals surface area contributed by atoms with Crippen molar-refractivity contribution in [1.82, 2.24) is 16.0 Å². The summed E-state index contributed by atoms with van der Waals surface area (Å²) in [5.41, 5.74) is 3.01. The lowest BCUT2D eigenvalue weighted by molar-refractivity contribution is -0.144. The van der Waals surface area contributed by atoms with Gasteiger partial charge in [0.2, 0.25) is 23.6 Å². The van der Waals surface area contributed by atoms with Crippen molar-refractivity contribution in [2.45, 2.75) is 32.7 Å². The fourth-order valence-corrected chi connectivity index (χ4v) is 4.05. The maximum atomic E-state index is 13.0. The fraction of sp³-hybridized carbons (Fsp3) is 0.304. The Bertz CT molecular complexity index is 1070. The molecule has 4 unspecified atom stereocenters. The average Bonchev–Trinajstić information content (AvgIpc) is 2.75. The van der Waals surface area contributed by atoms with E-state index in [2.05, 4.69) is 31.9 Å². The van der Waals surface area contributed by atoms with Crippen LogP contribution >= 0.6 is 0 Å². The van der Waals surface area contributed by atoms with E-state index in [9.17, 15) is 19.2 Å². The number of nitrogens with one attached hydrogen (secondary N) is 6. The molecule has 2 heterocycles. The Morgan fingerprint density at radius 1 is 0.879 bits per heavy atom. The molecule has 0 aliphatic carbocycles. The summed E-state index contributed by atoms with van der Waals surface area (Å²) in [6.07, 6.45) is -1.40. The first-order chi connectivity index (χ1) is 15.8. The van der Waals surface area contributed by atoms with E-state index in [1.54, 1.807) is 24.3 Å². The molecule has 2 aromatic rings. The van der Waals surface area contributed by atoms with Gasteiger partial charge in [-0.2, -0.15) is 0 Å². The van der Waals surface area contributed by atoms with E-state index in [1.165, 1.54) is 6.92 Å². The molecule has 4 rings (SSSR count). The third kappa shape index (κ3) is 5.29. The number of aryl methyl sites for hydroxylation is 1. The van der Waals surface area contributed by atoms with Gasteiger partial charge in [0, 0.05) is 30.4 Å². The summed E-state index contributed by atoms with van der Waals surface area (Å²) < 4.78 is 0. The van der Waals surface area contributed by atoms with Gasteiger partial charge < -0.3 is 26.6 Å². The minimum absolute atomic E-state index is 0.0951. The molecule has 6 N–H and O–H groups in total. The lowest BCUT2D eigenvalue weighted by atomic mass is 9.81. The van der Waals surface area contributed by atoms with Gasteiger partial charge in [0.15, 0.2) is 6.29 Å². The van der Waals surface area contributed by atoms with E-state index in [0.717, 1.165) is 11.3 Å². The third-order valence-corrected chi connectivity index (χ3v) is 5.62. The first kappa shape index (κ1) is 22.3. The van der Waals surface area contributed by atoms with Crippen LogP contribution in [0.15, 0.2) is 48.5 Å². The third-order valence-electron chi connectivity index (χ3n) is 5.62. The Kier molecular flexibility index (Phi) is 6.27. The second-order valence-electron chi connectivity index (χ2n) is 8.25. The molecule has 10 heteroatoms. The van der Waals surface area contributed by atoms with Crippen LogP contribution in [-0.2, 0) is 19.2 Å². The quantitative estimate of drug-likeness (QED) is 0.403. The highest BCUT2D eigenvalue weighted by Gasteiger charge is 2.48. The van der Waals surface area contributed by atoms with Gasteiger partial charge in [-0.15, -0.1) is 0 Å². The minimum Gasteiger partial charge on any atom is -0.353 e. The van der Waals surface area contributed by atoms with Crippen LogP contribution in [0.5, 0.6) is 0 Å². The number of amides is 4. The molecule has 172 valence electrons. The highest BCUT2D eigenvalue weighted by molar-refractivity contribution is 6.00. The predicted octanol–water partition coefficient (Wildman–Crippen LogP) is 1.09. The normalized spacial score (nSPS) is 24.1. The predicted molar refractivity (Wildman–Crippen MR) is 123 cm³/mol. The summed E-state index contributed by atoms with van der Waals surface area (Å²) in [5, 5.41) is 17.4. The van der Waals surface area contributed by atoms with Crippen molar-refractivity contribution in [3.8, 4) is 0 Å². The van der Waals surface area contributed by atoms with Crippen molar-refractivity contribution in [2.75, 3.05) is 16.0 Å². The highest BCUT2D eigenvalue weighted by Crippen LogP contribution is 2.28. The van der Waals surface area contributed by atoms with Crippen LogP contribution in [0.3, 0.4) is 0 Å². The van der Waals surface area contributed by atoms with Gasteiger partial charge in [0.1, 0.15) is 0 Å². The van der Waals surface area contributed by atoms with Crippen molar-refractivity contribution >= 4 is 40.7 Å². The standard InChI is InChI=1S/C23H26N6O4/c1-12-3-5-16(6-4-12)26-23-28-20-19(22(33)29-23)17(11-18(31)27-20)21(32)25-15-9-7-14(8-10-15)24-13(2)30/h3-10,17,19-20,23,26,28H,11H2,1-2H3,(H,24,30)(H,25,32)(H,27,31)(H,29,33). The maximum absolute atomic E-state index is 13.0. The lowest BCUT2D eigenvalue weighted by Crippen LogP contribution is -2.72. The summed E-state index contributed by atoms with van der Waals surface area (Å²) in [6.45, 7) is 3.39. The van der Waals surface area contributed by atoms with Crippen LogP contribution < -0.4 is 31.9 Å². The second-order valence-corrected chi connectivity index (χ2v) is 8.25. The van der Waals surface area contributed by atoms with Gasteiger partial charge in [0.25, 0.3) is 0 Å². The summed E-state index contributed by atoms with van der Waals surface area (Å²) in [6, 6.07) is 14.3. The van der Waals surface area contributed by atoms with Gasteiger partial charge >= 0.3 is 0 Å². The van der Waals surface area contributed by atoms with E-state index in [4.69, 9.17) is 0 Å². The highest BCUT2D eigenvalue weighted by atomic mass is 16.2. The molecular weight excluding hydrogens is 424 g/mol. The zero-order chi connectivity index (χ0) is 23.5. The van der Waals surface area contributed by atoms with E-state index in [0.29, 0.717) is 11.4 Å². The Morgan fingerprint density at radius 3 is 2.12 bits per heavy atom. The Labute approximate surface area is 190 Å². The molecule has 0 saturated carbocycles. The van der Waals surface area contributed by atoms with Crippen LogP contribution in [0.1, 0.15) is 18.9 Å². The van der Waals surface area contributed by atoms with Gasteiger partial charge in [0.05, 0.1) is 18.0 Å². The zero-order valence-corrected chi connectivity index (χ0v) is 18.3. The molecule has 2 aromatic carbocycles. The molecular formula is C23H26N6O4. The number of benzene rings is 2. The van der Waals surface area contributed by atoms with Crippen LogP contribution in [0, 0.1) is 18.8 Å². The molecule has 2 saturated heterocycles. The topological polar surface area (TPSA) is 140 Å². The first-order valence-corrected chi connectivity index (χ1v) is 10.7. The fourth-order valence-electron chi connectivity index (χ4n) is 4.05. The number of anilines is 3. The minimum atomic E-state index is -0.841. The zero-order valence-electron chi connectivity index (χ0n) is 18.3. The van der Waals surface area contributed by atoms with Gasteiger partial charge in [-0.1, -0.05) is 17.7 Å². The van der Waals surface area contributed by atoms with Gasteiger partial charge in [-0.05, 0) is 43.3 Å². The SMILES string of the molecule is CC(=O)Nc1ccc(NC(=O)C2CC(=O)NC3NC(Nc4ccc(C)cc4)NC(=O)C32)cc1. The van der Waals surface area contributed by atoms with Crippen LogP contribution in [0.2, 0.25) is 0 Å². The summed E-state index contributed by atoms with van der Waals surface area (Å²) >= 11 is 0. The van der Waals surface area contributed by atoms with Gasteiger partial charge in [-0.25, -0.2) is 0 Å². The number of carbonyl (C=O) groups excluding carboxylic acids is 4. The molecule has 2 aliphatic rings. The molecule has 10 nitrogen and oxygen atoms in total. The van der Waals surface area contributed by atoms with Crippen molar-refractivity contribution in [3.63, 3.8) is 0 Å². The largest absolute Gasteiger partial charge is 0.353 e. The molecule has 0 bridgehead atoms. The van der Waals surface area contributed by atoms with Crippen molar-refractivity contribution in [3.05, 3.63) is 54.1 Å². The summed E-state index contributed by atoms with van der Waals surface area (Å²) in [7, 11) is 0. The first-order valence-electron chi connectivity index (χ1n) is 10.7. The van der Waals surface area contributed by atoms with Crippen LogP contribution in [-0.4, -0.2) is 36.1 Å². The van der Waals surface area contributed by atoms with E-state index >= 15 is 0 Å². The maximum Gasteiger partial charge on any atom is 0.229 e. The summed E-state index contributed by atoms with van der Waals surface area (Å²) in [4.78, 5) is 49.4. The number of piperidine rings is 1. The number of rotatable bonds is 5. The van der Waals surface area contributed by atoms with E-state index < -0.39 is 30.2 Å². The average molecular weight is 450 g/mol. The number of hydrogen-bond acceptors (Lipinski definition) is 6. The summed E-state index contributed by atoms with van der Waals surface area (Å²) in [5.74, 6) is -2.87. The Balaban J connectivity index is 1.43. The monoisotopic (exact) mass is 450 g/mol. The van der Waals surface area contributed by atoms with Crippen LogP contribution in [0.25, 0.3) is 0 Å². The van der Waals surface area contributed by atoms with Crippen molar-refractivity contribution in [2.24, 2.45) is 11.8 Å². The number of hydrogen-bond donors (Lipinski definition) is 6. The lowest BCUT2D eigenvalue weighted by Gasteiger charge is -2.43.